The van der Waals surface area contributed by atoms with Crippen LogP contribution in [0.5, 0.6) is 0 Å². The van der Waals surface area contributed by atoms with Gasteiger partial charge in [-0.1, -0.05) is 60.7 Å². The number of rotatable bonds is 11. The Morgan fingerprint density at radius 2 is 1.58 bits per heavy atom. The molecule has 3 aromatic rings. The lowest BCUT2D eigenvalue weighted by Gasteiger charge is -2.32. The maximum Gasteiger partial charge on any atom is 0.338 e. The van der Waals surface area contributed by atoms with Crippen molar-refractivity contribution in [2.75, 3.05) is 13.7 Å². The Kier molecular flexibility index (Phi) is 10.1. The second kappa shape index (κ2) is 14.1. The van der Waals surface area contributed by atoms with Crippen molar-refractivity contribution in [3.8, 4) is 0 Å². The molecule has 2 atom stereocenters. The molecule has 1 N–H and O–H groups in total. The molecule has 2 unspecified atom stereocenters. The number of ether oxygens (including phenoxy) is 3. The first-order chi connectivity index (χ1) is 20.7. The number of hydrogen-bond acceptors (Lipinski definition) is 9. The number of nitrogens with zero attached hydrogens (tertiary/aromatic N) is 1. The van der Waals surface area contributed by atoms with E-state index in [4.69, 9.17) is 14.2 Å². The molecule has 0 amide bonds. The summed E-state index contributed by atoms with van der Waals surface area (Å²) in [5, 5.41) is 14.8. The molecule has 0 radical (unpaired) electrons. The predicted molar refractivity (Wildman–Crippen MR) is 158 cm³/mol. The molecule has 4 rings (SSSR count). The fourth-order valence-corrected chi connectivity index (χ4v) is 5.08. The number of benzene rings is 3. The summed E-state index contributed by atoms with van der Waals surface area (Å²) in [6.07, 6.45) is -0.183. The summed E-state index contributed by atoms with van der Waals surface area (Å²) < 4.78 is 16.4. The van der Waals surface area contributed by atoms with E-state index in [0.29, 0.717) is 22.5 Å². The van der Waals surface area contributed by atoms with E-state index in [1.807, 2.05) is 30.3 Å². The average Bonchev–Trinajstić information content (AvgIpc) is 3.03. The molecule has 0 aliphatic carbocycles. The first-order valence-electron chi connectivity index (χ1n) is 13.8. The largest absolute Gasteiger partial charge is 0.466 e. The third-order valence-corrected chi connectivity index (χ3v) is 7.05. The van der Waals surface area contributed by atoms with Crippen molar-refractivity contribution in [1.29, 1.82) is 0 Å². The molecule has 43 heavy (non-hydrogen) atoms. The lowest BCUT2D eigenvalue weighted by molar-refractivity contribution is -0.384. The van der Waals surface area contributed by atoms with Crippen molar-refractivity contribution in [2.45, 2.75) is 38.7 Å². The van der Waals surface area contributed by atoms with Crippen molar-refractivity contribution >= 4 is 23.6 Å². The number of allylic oxidation sites excluding steroid dienone is 2. The van der Waals surface area contributed by atoms with E-state index in [0.717, 1.165) is 5.56 Å². The van der Waals surface area contributed by atoms with E-state index in [-0.39, 0.29) is 36.3 Å². The summed E-state index contributed by atoms with van der Waals surface area (Å²) in [6, 6.07) is 23.7. The number of carbonyl (C=O) groups excluding carboxylic acids is 3. The SMILES string of the molecule is CCOC(=O)C1=C(CCC(OC(=O)c2ccccc2)c2ccccc2)NC(C)=C(C(=O)OC)C1c1cccc([N+](=O)[O-])c1. The molecule has 3 aromatic carbocycles. The maximum absolute atomic E-state index is 13.5. The topological polar surface area (TPSA) is 134 Å². The lowest BCUT2D eigenvalue weighted by Crippen LogP contribution is -2.33. The number of methoxy groups -OCH3 is 1. The second-order valence-corrected chi connectivity index (χ2v) is 9.76. The molecule has 0 spiro atoms. The fourth-order valence-electron chi connectivity index (χ4n) is 5.08. The van der Waals surface area contributed by atoms with Crippen LogP contribution in [0.4, 0.5) is 5.69 Å². The summed E-state index contributed by atoms with van der Waals surface area (Å²) >= 11 is 0. The molecule has 222 valence electrons. The van der Waals surface area contributed by atoms with E-state index in [9.17, 15) is 24.5 Å². The molecule has 10 nitrogen and oxygen atoms in total. The van der Waals surface area contributed by atoms with Crippen LogP contribution < -0.4 is 5.32 Å². The maximum atomic E-state index is 13.5. The van der Waals surface area contributed by atoms with Crippen LogP contribution in [0.1, 0.15) is 60.2 Å². The predicted octanol–water partition coefficient (Wildman–Crippen LogP) is 5.92. The monoisotopic (exact) mass is 584 g/mol. The summed E-state index contributed by atoms with van der Waals surface area (Å²) in [4.78, 5) is 50.7. The number of carbonyl (C=O) groups is 3. The number of nitrogens with one attached hydrogen (secondary N) is 1. The molecule has 1 heterocycles. The zero-order valence-corrected chi connectivity index (χ0v) is 24.1. The average molecular weight is 585 g/mol. The summed E-state index contributed by atoms with van der Waals surface area (Å²) in [6.45, 7) is 3.39. The molecule has 1 aliphatic heterocycles. The van der Waals surface area contributed by atoms with Crippen molar-refractivity contribution in [3.05, 3.63) is 134 Å². The highest BCUT2D eigenvalue weighted by atomic mass is 16.6. The minimum absolute atomic E-state index is 0.0643. The van der Waals surface area contributed by atoms with Gasteiger partial charge in [-0.15, -0.1) is 0 Å². The number of non-ortho nitro benzene ring substituents is 1. The Balaban J connectivity index is 1.78. The van der Waals surface area contributed by atoms with Gasteiger partial charge in [0, 0.05) is 23.5 Å². The molecule has 0 bridgehead atoms. The summed E-state index contributed by atoms with van der Waals surface area (Å²) in [5.41, 5.74) is 2.43. The molecule has 1 aliphatic rings. The van der Waals surface area contributed by atoms with Crippen LogP contribution in [0.25, 0.3) is 0 Å². The quantitative estimate of drug-likeness (QED) is 0.126. The number of nitro groups is 1. The second-order valence-electron chi connectivity index (χ2n) is 9.76. The minimum Gasteiger partial charge on any atom is -0.466 e. The van der Waals surface area contributed by atoms with Gasteiger partial charge in [0.15, 0.2) is 0 Å². The highest BCUT2D eigenvalue weighted by molar-refractivity contribution is 6.00. The molecular formula is C33H32N2O8. The number of esters is 3. The van der Waals surface area contributed by atoms with Crippen LogP contribution in [-0.4, -0.2) is 36.5 Å². The van der Waals surface area contributed by atoms with E-state index in [2.05, 4.69) is 5.32 Å². The van der Waals surface area contributed by atoms with Gasteiger partial charge in [-0.05, 0) is 49.9 Å². The van der Waals surface area contributed by atoms with Gasteiger partial charge in [0.05, 0.1) is 41.3 Å². The number of hydrogen-bond donors (Lipinski definition) is 1. The van der Waals surface area contributed by atoms with E-state index < -0.39 is 34.9 Å². The number of nitro benzene ring substituents is 1. The summed E-state index contributed by atoms with van der Waals surface area (Å²) in [7, 11) is 1.22. The van der Waals surface area contributed by atoms with Gasteiger partial charge in [0.2, 0.25) is 0 Å². The van der Waals surface area contributed by atoms with Crippen LogP contribution in [0.2, 0.25) is 0 Å². The smallest absolute Gasteiger partial charge is 0.338 e. The van der Waals surface area contributed by atoms with Crippen LogP contribution in [0.3, 0.4) is 0 Å². The Labute approximate surface area is 249 Å². The van der Waals surface area contributed by atoms with Crippen LogP contribution in [0, 0.1) is 10.1 Å². The van der Waals surface area contributed by atoms with Gasteiger partial charge in [-0.3, -0.25) is 10.1 Å². The number of dihydropyridines is 1. The van der Waals surface area contributed by atoms with Crippen molar-refractivity contribution in [1.82, 2.24) is 5.32 Å². The first-order valence-corrected chi connectivity index (χ1v) is 13.8. The van der Waals surface area contributed by atoms with Crippen molar-refractivity contribution in [2.24, 2.45) is 0 Å². The van der Waals surface area contributed by atoms with Gasteiger partial charge < -0.3 is 19.5 Å². The van der Waals surface area contributed by atoms with E-state index in [1.54, 1.807) is 50.2 Å². The van der Waals surface area contributed by atoms with Gasteiger partial charge in [-0.25, -0.2) is 14.4 Å². The lowest BCUT2D eigenvalue weighted by atomic mass is 9.79. The highest BCUT2D eigenvalue weighted by Gasteiger charge is 2.39. The fraction of sp³-hybridized carbons (Fsp3) is 0.242. The Bertz CT molecular complexity index is 1560. The molecule has 10 heteroatoms. The van der Waals surface area contributed by atoms with Crippen LogP contribution in [0.15, 0.2) is 107 Å². The normalized spacial score (nSPS) is 15.3. The molecular weight excluding hydrogens is 552 g/mol. The third kappa shape index (κ3) is 7.16. The minimum atomic E-state index is -1.01. The van der Waals surface area contributed by atoms with E-state index >= 15 is 0 Å². The zero-order valence-electron chi connectivity index (χ0n) is 24.1. The van der Waals surface area contributed by atoms with Gasteiger partial charge in [0.1, 0.15) is 6.10 Å². The standard InChI is InChI=1S/C33H32N2O8/c1-4-42-33(38)30-26(18-19-27(22-12-7-5-8-13-22)43-31(36)23-14-9-6-10-15-23)34-21(2)28(32(37)41-3)29(30)24-16-11-17-25(20-24)35(39)40/h5-17,20,27,29,34H,4,18-19H2,1-3H3. The Morgan fingerprint density at radius 3 is 2.21 bits per heavy atom. The third-order valence-electron chi connectivity index (χ3n) is 7.05. The molecule has 0 saturated carbocycles. The highest BCUT2D eigenvalue weighted by Crippen LogP contribution is 2.41. The Hall–Kier alpha value is -5.25. The summed E-state index contributed by atoms with van der Waals surface area (Å²) in [5.74, 6) is -2.89. The molecule has 0 fully saturated rings. The van der Waals surface area contributed by atoms with Gasteiger partial charge in [-0.2, -0.15) is 0 Å². The van der Waals surface area contributed by atoms with Crippen molar-refractivity contribution in [3.63, 3.8) is 0 Å². The van der Waals surface area contributed by atoms with Crippen molar-refractivity contribution < 1.29 is 33.5 Å². The van der Waals surface area contributed by atoms with Gasteiger partial charge in [0.25, 0.3) is 5.69 Å². The first kappa shape index (κ1) is 30.7. The van der Waals surface area contributed by atoms with Crippen LogP contribution in [-0.2, 0) is 23.8 Å². The molecule has 0 aromatic heterocycles. The Morgan fingerprint density at radius 1 is 0.907 bits per heavy atom. The van der Waals surface area contributed by atoms with Gasteiger partial charge >= 0.3 is 17.9 Å². The molecule has 0 saturated heterocycles. The van der Waals surface area contributed by atoms with E-state index in [1.165, 1.54) is 25.3 Å². The van der Waals surface area contributed by atoms with Crippen LogP contribution >= 0.6 is 0 Å². The zero-order chi connectivity index (χ0) is 30.9.